The Morgan fingerprint density at radius 1 is 0.400 bits per heavy atom. The maximum absolute atomic E-state index is 2.88. The van der Waals surface area contributed by atoms with Crippen LogP contribution in [0.2, 0.25) is 0 Å². The van der Waals surface area contributed by atoms with Gasteiger partial charge in [-0.3, -0.25) is 4.90 Å². The zero-order valence-corrected chi connectivity index (χ0v) is 22.6. The van der Waals surface area contributed by atoms with Crippen LogP contribution in [0.5, 0.6) is 0 Å². The van der Waals surface area contributed by atoms with Crippen LogP contribution in [0.25, 0.3) is 0 Å². The lowest BCUT2D eigenvalue weighted by Gasteiger charge is -2.49. The van der Waals surface area contributed by atoms with Crippen molar-refractivity contribution in [3.63, 3.8) is 0 Å². The summed E-state index contributed by atoms with van der Waals surface area (Å²) < 4.78 is 0. The van der Waals surface area contributed by atoms with Gasteiger partial charge in [-0.05, 0) is 53.5 Å². The SMILES string of the molecule is CCCCCCCCCCCCCCCN(C(C)(C)CCCC)C(C)(C)CCCC. The molecular formula is C29H61N. The largest absolute Gasteiger partial charge is 0.293 e. The lowest BCUT2D eigenvalue weighted by atomic mass is 9.85. The van der Waals surface area contributed by atoms with Crippen LogP contribution >= 0.6 is 0 Å². The molecule has 0 aromatic carbocycles. The number of unbranched alkanes of at least 4 members (excludes halogenated alkanes) is 14. The standard InChI is InChI=1S/C29H61N/c1-8-11-14-15-16-17-18-19-20-21-22-23-24-27-30(28(4,5)25-12-9-2)29(6,7)26-13-10-3/h8-27H2,1-7H3. The lowest BCUT2D eigenvalue weighted by molar-refractivity contribution is 0.00199. The van der Waals surface area contributed by atoms with Gasteiger partial charge < -0.3 is 0 Å². The first-order chi connectivity index (χ1) is 14.3. The number of nitrogens with zero attached hydrogens (tertiary/aromatic N) is 1. The number of rotatable bonds is 22. The fourth-order valence-corrected chi connectivity index (χ4v) is 5.20. The highest BCUT2D eigenvalue weighted by Gasteiger charge is 2.36. The molecule has 0 N–H and O–H groups in total. The van der Waals surface area contributed by atoms with Gasteiger partial charge in [0.05, 0.1) is 0 Å². The van der Waals surface area contributed by atoms with Crippen molar-refractivity contribution in [1.82, 2.24) is 4.90 Å². The first-order valence-corrected chi connectivity index (χ1v) is 14.1. The predicted molar refractivity (Wildman–Crippen MR) is 140 cm³/mol. The normalized spacial score (nSPS) is 12.8. The Hall–Kier alpha value is -0.0400. The smallest absolute Gasteiger partial charge is 0.0158 e. The van der Waals surface area contributed by atoms with E-state index in [-0.39, 0.29) is 0 Å². The summed E-state index contributed by atoms with van der Waals surface area (Å²) in [6.45, 7) is 18.2. The monoisotopic (exact) mass is 423 g/mol. The predicted octanol–water partition coefficient (Wildman–Crippen LogP) is 10.3. The molecule has 0 aromatic rings. The fraction of sp³-hybridized carbons (Fsp3) is 1.00. The molecule has 0 aromatic heterocycles. The summed E-state index contributed by atoms with van der Waals surface area (Å²) in [6, 6.07) is 0. The third kappa shape index (κ3) is 14.9. The molecule has 0 rings (SSSR count). The molecule has 1 heteroatoms. The first-order valence-electron chi connectivity index (χ1n) is 14.1. The van der Waals surface area contributed by atoms with E-state index >= 15 is 0 Å². The molecule has 0 aliphatic heterocycles. The van der Waals surface area contributed by atoms with Crippen LogP contribution in [0, 0.1) is 0 Å². The van der Waals surface area contributed by atoms with Crippen molar-refractivity contribution in [2.75, 3.05) is 6.54 Å². The summed E-state index contributed by atoms with van der Waals surface area (Å²) >= 11 is 0. The van der Waals surface area contributed by atoms with Gasteiger partial charge in [0.15, 0.2) is 0 Å². The van der Waals surface area contributed by atoms with E-state index in [9.17, 15) is 0 Å². The van der Waals surface area contributed by atoms with Gasteiger partial charge in [0, 0.05) is 11.1 Å². The molecule has 0 atom stereocenters. The maximum atomic E-state index is 2.88. The Balaban J connectivity index is 4.10. The lowest BCUT2D eigenvalue weighted by Crippen LogP contribution is -2.55. The molecule has 0 aliphatic carbocycles. The minimum Gasteiger partial charge on any atom is -0.293 e. The van der Waals surface area contributed by atoms with Crippen molar-refractivity contribution in [2.24, 2.45) is 0 Å². The van der Waals surface area contributed by atoms with E-state index in [4.69, 9.17) is 0 Å². The van der Waals surface area contributed by atoms with E-state index in [2.05, 4.69) is 53.4 Å². The molecule has 0 spiro atoms. The second-order valence-electron chi connectivity index (χ2n) is 11.2. The van der Waals surface area contributed by atoms with E-state index in [1.807, 2.05) is 0 Å². The molecule has 0 fully saturated rings. The minimum atomic E-state index is 0.324. The van der Waals surface area contributed by atoms with Gasteiger partial charge in [0.1, 0.15) is 0 Å². The average Bonchev–Trinajstić information content (AvgIpc) is 2.70. The Morgan fingerprint density at radius 2 is 0.700 bits per heavy atom. The zero-order chi connectivity index (χ0) is 22.7. The van der Waals surface area contributed by atoms with E-state index in [1.54, 1.807) is 0 Å². The third-order valence-corrected chi connectivity index (χ3v) is 7.23. The highest BCUT2D eigenvalue weighted by Crippen LogP contribution is 2.33. The van der Waals surface area contributed by atoms with Crippen molar-refractivity contribution < 1.29 is 0 Å². The Kier molecular flexibility index (Phi) is 18.5. The van der Waals surface area contributed by atoms with Crippen LogP contribution in [-0.2, 0) is 0 Å². The fourth-order valence-electron chi connectivity index (χ4n) is 5.20. The quantitative estimate of drug-likeness (QED) is 0.156. The average molecular weight is 424 g/mol. The number of hydrogen-bond donors (Lipinski definition) is 0. The molecule has 0 radical (unpaired) electrons. The Bertz CT molecular complexity index is 337. The molecule has 1 nitrogen and oxygen atoms in total. The number of hydrogen-bond acceptors (Lipinski definition) is 1. The van der Waals surface area contributed by atoms with E-state index in [0.29, 0.717) is 11.1 Å². The van der Waals surface area contributed by atoms with Gasteiger partial charge in [-0.15, -0.1) is 0 Å². The summed E-state index contributed by atoms with van der Waals surface area (Å²) in [6.07, 6.45) is 26.7. The van der Waals surface area contributed by atoms with Crippen LogP contribution in [0.4, 0.5) is 0 Å². The van der Waals surface area contributed by atoms with Gasteiger partial charge >= 0.3 is 0 Å². The van der Waals surface area contributed by atoms with Gasteiger partial charge in [0.25, 0.3) is 0 Å². The van der Waals surface area contributed by atoms with Crippen LogP contribution in [0.15, 0.2) is 0 Å². The molecular weight excluding hydrogens is 362 g/mol. The first kappa shape index (κ1) is 30.0. The van der Waals surface area contributed by atoms with Crippen LogP contribution in [0.3, 0.4) is 0 Å². The molecule has 0 bridgehead atoms. The maximum Gasteiger partial charge on any atom is 0.0158 e. The van der Waals surface area contributed by atoms with Gasteiger partial charge in [-0.2, -0.15) is 0 Å². The zero-order valence-electron chi connectivity index (χ0n) is 22.6. The van der Waals surface area contributed by atoms with Crippen molar-refractivity contribution in [3.05, 3.63) is 0 Å². The molecule has 0 saturated heterocycles. The van der Waals surface area contributed by atoms with Gasteiger partial charge in [-0.25, -0.2) is 0 Å². The van der Waals surface area contributed by atoms with Crippen molar-refractivity contribution in [2.45, 2.75) is 182 Å². The van der Waals surface area contributed by atoms with Crippen molar-refractivity contribution in [3.8, 4) is 0 Å². The van der Waals surface area contributed by atoms with Crippen molar-refractivity contribution >= 4 is 0 Å². The van der Waals surface area contributed by atoms with Crippen LogP contribution in [0.1, 0.15) is 170 Å². The Morgan fingerprint density at radius 3 is 1.03 bits per heavy atom. The molecule has 0 aliphatic rings. The minimum absolute atomic E-state index is 0.324. The topological polar surface area (TPSA) is 3.24 Å². The second-order valence-corrected chi connectivity index (χ2v) is 11.2. The summed E-state index contributed by atoms with van der Waals surface area (Å²) in [5, 5.41) is 0. The Labute approximate surface area is 193 Å². The molecule has 0 heterocycles. The van der Waals surface area contributed by atoms with E-state index in [0.717, 1.165) is 0 Å². The van der Waals surface area contributed by atoms with Gasteiger partial charge in [-0.1, -0.05) is 124 Å². The van der Waals surface area contributed by atoms with Gasteiger partial charge in [0.2, 0.25) is 0 Å². The van der Waals surface area contributed by atoms with E-state index < -0.39 is 0 Å². The summed E-state index contributed by atoms with van der Waals surface area (Å²) in [7, 11) is 0. The molecule has 0 saturated carbocycles. The summed E-state index contributed by atoms with van der Waals surface area (Å²) in [5.41, 5.74) is 0.648. The van der Waals surface area contributed by atoms with Crippen molar-refractivity contribution in [1.29, 1.82) is 0 Å². The highest BCUT2D eigenvalue weighted by molar-refractivity contribution is 4.92. The van der Waals surface area contributed by atoms with E-state index in [1.165, 1.54) is 129 Å². The third-order valence-electron chi connectivity index (χ3n) is 7.23. The highest BCUT2D eigenvalue weighted by atomic mass is 15.2. The van der Waals surface area contributed by atoms with Crippen LogP contribution in [-0.4, -0.2) is 22.5 Å². The second kappa shape index (κ2) is 18.5. The molecule has 182 valence electrons. The summed E-state index contributed by atoms with van der Waals surface area (Å²) in [5.74, 6) is 0. The van der Waals surface area contributed by atoms with Crippen LogP contribution < -0.4 is 0 Å². The summed E-state index contributed by atoms with van der Waals surface area (Å²) in [4.78, 5) is 2.88. The molecule has 0 amide bonds. The molecule has 30 heavy (non-hydrogen) atoms. The molecule has 0 unspecified atom stereocenters.